The van der Waals surface area contributed by atoms with Crippen LogP contribution in [0.3, 0.4) is 0 Å². The van der Waals surface area contributed by atoms with Crippen LogP contribution in [0.1, 0.15) is 32.6 Å². The van der Waals surface area contributed by atoms with Crippen molar-refractivity contribution in [1.29, 1.82) is 0 Å². The Kier molecular flexibility index (Phi) is 5.62. The minimum atomic E-state index is 0.00772. The first-order valence-corrected chi connectivity index (χ1v) is 11.4. The lowest BCUT2D eigenvalue weighted by Gasteiger charge is -2.35. The van der Waals surface area contributed by atoms with Crippen LogP contribution < -0.4 is 4.74 Å². The number of benzene rings is 2. The van der Waals surface area contributed by atoms with E-state index in [-0.39, 0.29) is 18.1 Å². The highest BCUT2D eigenvalue weighted by molar-refractivity contribution is 6.33. The molecule has 2 aromatic heterocycles. The van der Waals surface area contributed by atoms with E-state index in [1.54, 1.807) is 0 Å². The van der Waals surface area contributed by atoms with Crippen LogP contribution in [-0.4, -0.2) is 32.8 Å². The van der Waals surface area contributed by atoms with Gasteiger partial charge in [0.2, 0.25) is 0 Å². The number of hydrogen-bond acceptors (Lipinski definition) is 4. The summed E-state index contributed by atoms with van der Waals surface area (Å²) in [7, 11) is 0. The quantitative estimate of drug-likeness (QED) is 0.378. The van der Waals surface area contributed by atoms with Crippen molar-refractivity contribution >= 4 is 22.8 Å². The van der Waals surface area contributed by atoms with E-state index < -0.39 is 0 Å². The molecule has 6 heteroatoms. The number of aliphatic hydroxyl groups excluding tert-OH is 1. The summed E-state index contributed by atoms with van der Waals surface area (Å²) in [5.74, 6) is 0. The van der Waals surface area contributed by atoms with Gasteiger partial charge in [0.25, 0.3) is 6.01 Å². The standard InChI is InChI=1S/C26H26ClN3O2/c1-26(16-31)13-11-20(12-14-26)32-25-28-22-15-21(27)23(29-24(22)30-25)19-9-7-18(8-10-19)17-5-3-2-4-6-17/h2-10,15,20,31H,11-14,16H2,1H3,(H,28,29,30). The molecule has 0 atom stereocenters. The Bertz CT molecular complexity index is 1210. The van der Waals surface area contributed by atoms with Crippen molar-refractivity contribution in [3.63, 3.8) is 0 Å². The molecule has 5 rings (SSSR count). The van der Waals surface area contributed by atoms with Gasteiger partial charge in [0.15, 0.2) is 5.65 Å². The second-order valence-electron chi connectivity index (χ2n) is 8.96. The Hall–Kier alpha value is -2.89. The lowest BCUT2D eigenvalue weighted by atomic mass is 9.75. The van der Waals surface area contributed by atoms with Crippen LogP contribution in [0.4, 0.5) is 0 Å². The highest BCUT2D eigenvalue weighted by Gasteiger charge is 2.31. The van der Waals surface area contributed by atoms with Crippen LogP contribution in [-0.2, 0) is 0 Å². The third kappa shape index (κ3) is 4.23. The number of hydrogen-bond donors (Lipinski definition) is 2. The van der Waals surface area contributed by atoms with Crippen molar-refractivity contribution in [3.05, 3.63) is 65.7 Å². The van der Waals surface area contributed by atoms with E-state index in [1.807, 2.05) is 36.4 Å². The van der Waals surface area contributed by atoms with E-state index in [9.17, 15) is 5.11 Å². The van der Waals surface area contributed by atoms with Gasteiger partial charge in [0, 0.05) is 12.2 Å². The number of aromatic amines is 1. The Labute approximate surface area is 192 Å². The summed E-state index contributed by atoms with van der Waals surface area (Å²) in [6.45, 7) is 2.35. The maximum atomic E-state index is 9.56. The zero-order valence-electron chi connectivity index (χ0n) is 18.0. The minimum Gasteiger partial charge on any atom is -0.461 e. The normalized spacial score (nSPS) is 21.0. The van der Waals surface area contributed by atoms with Crippen LogP contribution in [0, 0.1) is 5.41 Å². The number of aliphatic hydroxyl groups is 1. The topological polar surface area (TPSA) is 71.0 Å². The van der Waals surface area contributed by atoms with Crippen molar-refractivity contribution in [1.82, 2.24) is 15.0 Å². The number of aromatic nitrogens is 3. The Morgan fingerprint density at radius 1 is 1.00 bits per heavy atom. The predicted molar refractivity (Wildman–Crippen MR) is 128 cm³/mol. The van der Waals surface area contributed by atoms with E-state index in [0.29, 0.717) is 22.4 Å². The highest BCUT2D eigenvalue weighted by Crippen LogP contribution is 2.37. The Balaban J connectivity index is 1.36. The van der Waals surface area contributed by atoms with E-state index in [1.165, 1.54) is 5.56 Å². The van der Waals surface area contributed by atoms with Gasteiger partial charge >= 0.3 is 0 Å². The minimum absolute atomic E-state index is 0.00772. The highest BCUT2D eigenvalue weighted by atomic mass is 35.5. The predicted octanol–water partition coefficient (Wildman–Crippen LogP) is 6.27. The first-order valence-electron chi connectivity index (χ1n) is 11.0. The molecule has 2 aromatic carbocycles. The molecule has 5 nitrogen and oxygen atoms in total. The van der Waals surface area contributed by atoms with Gasteiger partial charge in [-0.3, -0.25) is 0 Å². The number of rotatable bonds is 5. The summed E-state index contributed by atoms with van der Waals surface area (Å²) in [5, 5.41) is 10.1. The number of nitrogens with one attached hydrogen (secondary N) is 1. The Morgan fingerprint density at radius 2 is 1.66 bits per heavy atom. The van der Waals surface area contributed by atoms with Crippen LogP contribution in [0.2, 0.25) is 5.02 Å². The number of halogens is 1. The first-order chi connectivity index (χ1) is 15.5. The molecule has 0 unspecified atom stereocenters. The lowest BCUT2D eigenvalue weighted by Crippen LogP contribution is -2.32. The summed E-state index contributed by atoms with van der Waals surface area (Å²) in [6.07, 6.45) is 3.79. The second-order valence-corrected chi connectivity index (χ2v) is 9.37. The van der Waals surface area contributed by atoms with Gasteiger partial charge in [0.1, 0.15) is 6.10 Å². The van der Waals surface area contributed by atoms with E-state index >= 15 is 0 Å². The van der Waals surface area contributed by atoms with Crippen molar-refractivity contribution < 1.29 is 9.84 Å². The smallest absolute Gasteiger partial charge is 0.296 e. The molecule has 0 spiro atoms. The number of nitrogens with zero attached hydrogens (tertiary/aromatic N) is 2. The molecule has 2 N–H and O–H groups in total. The molecule has 1 fully saturated rings. The molecule has 0 radical (unpaired) electrons. The molecule has 4 aromatic rings. The largest absolute Gasteiger partial charge is 0.461 e. The molecule has 0 bridgehead atoms. The molecule has 1 aliphatic rings. The lowest BCUT2D eigenvalue weighted by molar-refractivity contribution is 0.0432. The second kappa shape index (κ2) is 8.57. The third-order valence-corrected chi connectivity index (χ3v) is 6.76. The molecular formula is C26H26ClN3O2. The molecule has 0 aliphatic heterocycles. The summed E-state index contributed by atoms with van der Waals surface area (Å²) in [4.78, 5) is 12.5. The number of imidazole rings is 1. The molecule has 1 saturated carbocycles. The molecule has 1 aliphatic carbocycles. The van der Waals surface area contributed by atoms with Gasteiger partial charge < -0.3 is 14.8 Å². The van der Waals surface area contributed by atoms with Gasteiger partial charge in [-0.05, 0) is 48.3 Å². The van der Waals surface area contributed by atoms with E-state index in [4.69, 9.17) is 21.3 Å². The molecule has 32 heavy (non-hydrogen) atoms. The van der Waals surface area contributed by atoms with Gasteiger partial charge in [-0.2, -0.15) is 4.98 Å². The zero-order chi connectivity index (χ0) is 22.1. The fraction of sp³-hybridized carbons (Fsp3) is 0.308. The number of pyridine rings is 1. The van der Waals surface area contributed by atoms with Crippen molar-refractivity contribution in [2.24, 2.45) is 5.41 Å². The van der Waals surface area contributed by atoms with E-state index in [2.05, 4.69) is 41.2 Å². The molecular weight excluding hydrogens is 422 g/mol. The fourth-order valence-electron chi connectivity index (χ4n) is 4.33. The Morgan fingerprint density at radius 3 is 2.34 bits per heavy atom. The van der Waals surface area contributed by atoms with Gasteiger partial charge in [0.05, 0.1) is 16.2 Å². The van der Waals surface area contributed by atoms with Crippen molar-refractivity contribution in [2.45, 2.75) is 38.7 Å². The van der Waals surface area contributed by atoms with Gasteiger partial charge in [-0.15, -0.1) is 0 Å². The molecule has 0 saturated heterocycles. The third-order valence-electron chi connectivity index (χ3n) is 6.47. The summed E-state index contributed by atoms with van der Waals surface area (Å²) in [6, 6.07) is 20.8. The summed E-state index contributed by atoms with van der Waals surface area (Å²) in [5.41, 5.74) is 5.31. The SMILES string of the molecule is CC1(CO)CCC(Oc2nc3nc(-c4ccc(-c5ccccc5)cc4)c(Cl)cc3[nH]2)CC1. The van der Waals surface area contributed by atoms with Crippen molar-refractivity contribution in [3.8, 4) is 28.4 Å². The van der Waals surface area contributed by atoms with Crippen LogP contribution in [0.5, 0.6) is 6.01 Å². The maximum Gasteiger partial charge on any atom is 0.296 e. The molecule has 164 valence electrons. The number of H-pyrrole nitrogens is 1. The first kappa shape index (κ1) is 21.0. The molecule has 2 heterocycles. The molecule has 0 amide bonds. The summed E-state index contributed by atoms with van der Waals surface area (Å²) < 4.78 is 6.10. The van der Waals surface area contributed by atoms with E-state index in [0.717, 1.165) is 42.3 Å². The number of fused-ring (bicyclic) bond motifs is 1. The number of ether oxygens (including phenoxy) is 1. The maximum absolute atomic E-state index is 9.56. The average Bonchev–Trinajstić information content (AvgIpc) is 3.22. The van der Waals surface area contributed by atoms with Crippen molar-refractivity contribution in [2.75, 3.05) is 6.61 Å². The monoisotopic (exact) mass is 447 g/mol. The van der Waals surface area contributed by atoms with Crippen LogP contribution >= 0.6 is 11.6 Å². The fourth-order valence-corrected chi connectivity index (χ4v) is 4.59. The zero-order valence-corrected chi connectivity index (χ0v) is 18.8. The average molecular weight is 448 g/mol. The van der Waals surface area contributed by atoms with Crippen LogP contribution in [0.15, 0.2) is 60.7 Å². The summed E-state index contributed by atoms with van der Waals surface area (Å²) >= 11 is 6.57. The van der Waals surface area contributed by atoms with Gasteiger partial charge in [-0.1, -0.05) is 73.1 Å². The van der Waals surface area contributed by atoms with Gasteiger partial charge in [-0.25, -0.2) is 4.98 Å². The van der Waals surface area contributed by atoms with Crippen LogP contribution in [0.25, 0.3) is 33.5 Å².